The van der Waals surface area contributed by atoms with Gasteiger partial charge in [0.05, 0.1) is 13.0 Å². The van der Waals surface area contributed by atoms with Crippen molar-refractivity contribution in [3.63, 3.8) is 0 Å². The Morgan fingerprint density at radius 1 is 1.29 bits per heavy atom. The van der Waals surface area contributed by atoms with Crippen molar-refractivity contribution in [3.8, 4) is 0 Å². The van der Waals surface area contributed by atoms with Crippen molar-refractivity contribution in [2.75, 3.05) is 50.5 Å². The van der Waals surface area contributed by atoms with E-state index in [0.29, 0.717) is 24.1 Å². The van der Waals surface area contributed by atoms with Crippen molar-refractivity contribution < 1.29 is 9.53 Å². The highest BCUT2D eigenvalue weighted by Gasteiger charge is 2.53. The molecule has 0 spiro atoms. The number of benzene rings is 1. The number of likely N-dealkylation sites (tertiary alicyclic amines) is 1. The zero-order valence-electron chi connectivity index (χ0n) is 16.2. The van der Waals surface area contributed by atoms with Crippen molar-refractivity contribution >= 4 is 27.5 Å². The molecule has 2 fully saturated rings. The van der Waals surface area contributed by atoms with E-state index < -0.39 is 0 Å². The first-order valence-corrected chi connectivity index (χ1v) is 10.6. The maximum atomic E-state index is 12.6. The number of hydrogen-bond donors (Lipinski definition) is 1. The minimum absolute atomic E-state index is 0.0823. The van der Waals surface area contributed by atoms with E-state index in [2.05, 4.69) is 39.4 Å². The zero-order chi connectivity index (χ0) is 19.6. The van der Waals surface area contributed by atoms with Gasteiger partial charge in [0.1, 0.15) is 0 Å². The molecule has 28 heavy (non-hydrogen) atoms. The van der Waals surface area contributed by atoms with Gasteiger partial charge >= 0.3 is 0 Å². The minimum Gasteiger partial charge on any atom is -0.384 e. The number of amides is 1. The van der Waals surface area contributed by atoms with Gasteiger partial charge in [0.15, 0.2) is 0 Å². The molecule has 2 aliphatic rings. The number of nitrogen functional groups attached to an aromatic ring is 1. The lowest BCUT2D eigenvalue weighted by molar-refractivity contribution is -0.131. The first-order chi connectivity index (χ1) is 13.6. The number of rotatable bonds is 7. The largest absolute Gasteiger partial charge is 0.384 e. The smallest absolute Gasteiger partial charge is 0.224 e. The van der Waals surface area contributed by atoms with Crippen LogP contribution in [0.4, 0.5) is 10.3 Å². The second-order valence-corrected chi connectivity index (χ2v) is 8.85. The van der Waals surface area contributed by atoms with E-state index in [1.165, 1.54) is 16.9 Å². The van der Waals surface area contributed by atoms with E-state index in [0.717, 1.165) is 44.2 Å². The zero-order valence-corrected chi connectivity index (χ0v) is 17.0. The van der Waals surface area contributed by atoms with Crippen LogP contribution in [0.15, 0.2) is 30.3 Å². The highest BCUT2D eigenvalue weighted by atomic mass is 32.1. The van der Waals surface area contributed by atoms with Crippen LogP contribution in [0, 0.1) is 11.3 Å². The van der Waals surface area contributed by atoms with Crippen molar-refractivity contribution in [1.29, 1.82) is 0 Å². The van der Waals surface area contributed by atoms with E-state index in [-0.39, 0.29) is 11.3 Å². The topological polar surface area (TPSA) is 84.6 Å². The van der Waals surface area contributed by atoms with Gasteiger partial charge < -0.3 is 20.3 Å². The van der Waals surface area contributed by atoms with Crippen LogP contribution in [0.5, 0.6) is 0 Å². The Morgan fingerprint density at radius 2 is 2.11 bits per heavy atom. The Balaban J connectivity index is 1.50. The molecule has 150 valence electrons. The summed E-state index contributed by atoms with van der Waals surface area (Å²) in [5, 5.41) is 9.61. The normalized spacial score (nSPS) is 24.0. The van der Waals surface area contributed by atoms with E-state index in [1.54, 1.807) is 7.11 Å². The van der Waals surface area contributed by atoms with Gasteiger partial charge in [0, 0.05) is 44.6 Å². The molecule has 1 aromatic carbocycles. The molecule has 0 radical (unpaired) electrons. The first-order valence-electron chi connectivity index (χ1n) is 9.74. The number of carbonyl (C=O) groups is 1. The van der Waals surface area contributed by atoms with E-state index in [4.69, 9.17) is 10.5 Å². The Bertz CT molecular complexity index is 814. The highest BCUT2D eigenvalue weighted by Crippen LogP contribution is 2.47. The van der Waals surface area contributed by atoms with Crippen LogP contribution in [0.1, 0.15) is 18.4 Å². The molecule has 3 heterocycles. The molecule has 1 amide bonds. The van der Waals surface area contributed by atoms with Gasteiger partial charge in [-0.05, 0) is 18.4 Å². The molecule has 1 aromatic heterocycles. The minimum atomic E-state index is 0.0823. The molecule has 0 saturated carbocycles. The van der Waals surface area contributed by atoms with Crippen molar-refractivity contribution in [3.05, 3.63) is 35.9 Å². The van der Waals surface area contributed by atoms with E-state index >= 15 is 0 Å². The maximum absolute atomic E-state index is 12.6. The molecule has 2 saturated heterocycles. The third-order valence-corrected chi connectivity index (χ3v) is 6.90. The number of anilines is 2. The number of aromatic nitrogens is 2. The quantitative estimate of drug-likeness (QED) is 0.764. The molecule has 0 unspecified atom stereocenters. The van der Waals surface area contributed by atoms with Crippen LogP contribution in [0.2, 0.25) is 0 Å². The molecule has 7 nitrogen and oxygen atoms in total. The molecular weight excluding hydrogens is 374 g/mol. The molecule has 2 N–H and O–H groups in total. The number of nitrogens with two attached hydrogens (primary N) is 1. The summed E-state index contributed by atoms with van der Waals surface area (Å²) in [7, 11) is 1.64. The van der Waals surface area contributed by atoms with Crippen LogP contribution >= 0.6 is 11.3 Å². The Kier molecular flexibility index (Phi) is 5.50. The van der Waals surface area contributed by atoms with Gasteiger partial charge in [-0.3, -0.25) is 4.79 Å². The third-order valence-electron chi connectivity index (χ3n) is 6.09. The molecule has 4 rings (SSSR count). The Morgan fingerprint density at radius 3 is 2.82 bits per heavy atom. The summed E-state index contributed by atoms with van der Waals surface area (Å²) < 4.78 is 5.09. The van der Waals surface area contributed by atoms with E-state index in [9.17, 15) is 4.79 Å². The summed E-state index contributed by atoms with van der Waals surface area (Å²) in [6.07, 6.45) is 2.53. The summed E-state index contributed by atoms with van der Waals surface area (Å²) in [6, 6.07) is 10.6. The summed E-state index contributed by atoms with van der Waals surface area (Å²) in [5.74, 6) is 0.634. The second-order valence-electron chi connectivity index (χ2n) is 7.87. The number of methoxy groups -OCH3 is 1. The highest BCUT2D eigenvalue weighted by molar-refractivity contribution is 7.18. The van der Waals surface area contributed by atoms with Crippen LogP contribution < -0.4 is 10.6 Å². The fourth-order valence-corrected chi connectivity index (χ4v) is 5.23. The standard InChI is InChI=1S/C20H27N5O2S/c1-27-10-8-17(26)24-11-16-12-25(19-23-22-18(21)28-19)14-20(16,13-24)9-7-15-5-3-2-4-6-15/h2-6,16H,7-14H2,1H3,(H2,21,22)/t16-,20+/m1/s1. The summed E-state index contributed by atoms with van der Waals surface area (Å²) in [5.41, 5.74) is 7.22. The molecule has 8 heteroatoms. The van der Waals surface area contributed by atoms with Crippen molar-refractivity contribution in [2.45, 2.75) is 19.3 Å². The number of ether oxygens (including phenoxy) is 1. The summed E-state index contributed by atoms with van der Waals surface area (Å²) in [6.45, 7) is 3.89. The van der Waals surface area contributed by atoms with Crippen LogP contribution in [-0.2, 0) is 16.0 Å². The first kappa shape index (κ1) is 19.1. The molecule has 0 bridgehead atoms. The van der Waals surface area contributed by atoms with Crippen LogP contribution in [-0.4, -0.2) is 60.9 Å². The molecule has 2 aromatic rings. The van der Waals surface area contributed by atoms with Gasteiger partial charge in [-0.25, -0.2) is 0 Å². The fourth-order valence-electron chi connectivity index (χ4n) is 4.61. The number of fused-ring (bicyclic) bond motifs is 1. The average Bonchev–Trinajstić information content (AvgIpc) is 3.37. The monoisotopic (exact) mass is 401 g/mol. The predicted molar refractivity (Wildman–Crippen MR) is 110 cm³/mol. The van der Waals surface area contributed by atoms with Gasteiger partial charge in [0.25, 0.3) is 0 Å². The fraction of sp³-hybridized carbons (Fsp3) is 0.550. The molecule has 2 atom stereocenters. The Hall–Kier alpha value is -2.19. The molecule has 2 aliphatic heterocycles. The van der Waals surface area contributed by atoms with Gasteiger partial charge in [0.2, 0.25) is 16.2 Å². The lowest BCUT2D eigenvalue weighted by atomic mass is 9.76. The van der Waals surface area contributed by atoms with Crippen LogP contribution in [0.25, 0.3) is 0 Å². The number of nitrogens with zero attached hydrogens (tertiary/aromatic N) is 4. The number of hydrogen-bond acceptors (Lipinski definition) is 7. The lowest BCUT2D eigenvalue weighted by Crippen LogP contribution is -2.37. The number of aryl methyl sites for hydroxylation is 1. The Labute approximate surface area is 169 Å². The van der Waals surface area contributed by atoms with Crippen LogP contribution in [0.3, 0.4) is 0 Å². The van der Waals surface area contributed by atoms with Crippen molar-refractivity contribution in [2.24, 2.45) is 11.3 Å². The average molecular weight is 402 g/mol. The summed E-state index contributed by atoms with van der Waals surface area (Å²) in [4.78, 5) is 17.0. The van der Waals surface area contributed by atoms with Crippen molar-refractivity contribution in [1.82, 2.24) is 15.1 Å². The SMILES string of the molecule is COCCC(=O)N1C[C@@H]2CN(c3nnc(N)s3)C[C@]2(CCc2ccccc2)C1. The van der Waals surface area contributed by atoms with Gasteiger partial charge in [-0.2, -0.15) is 0 Å². The predicted octanol–water partition coefficient (Wildman–Crippen LogP) is 2.05. The maximum Gasteiger partial charge on any atom is 0.224 e. The second kappa shape index (κ2) is 8.05. The van der Waals surface area contributed by atoms with Gasteiger partial charge in [-0.1, -0.05) is 41.7 Å². The van der Waals surface area contributed by atoms with Gasteiger partial charge in [-0.15, -0.1) is 10.2 Å². The molecule has 0 aliphatic carbocycles. The summed E-state index contributed by atoms with van der Waals surface area (Å²) >= 11 is 1.44. The third kappa shape index (κ3) is 3.84. The lowest BCUT2D eigenvalue weighted by Gasteiger charge is -2.29. The molecular formula is C20H27N5O2S. The van der Waals surface area contributed by atoms with E-state index in [1.807, 2.05) is 11.0 Å². The number of carbonyl (C=O) groups excluding carboxylic acids is 1.